The second-order valence-corrected chi connectivity index (χ2v) is 15.0. The van der Waals surface area contributed by atoms with Crippen molar-refractivity contribution in [1.82, 2.24) is 4.90 Å². The van der Waals surface area contributed by atoms with Crippen LogP contribution in [0.5, 0.6) is 0 Å². The van der Waals surface area contributed by atoms with Gasteiger partial charge in [-0.05, 0) is 67.3 Å². The molecule has 14 atom stereocenters. The summed E-state index contributed by atoms with van der Waals surface area (Å²) in [5.74, 6) is -5.64. The van der Waals surface area contributed by atoms with Crippen molar-refractivity contribution in [3.05, 3.63) is 0 Å². The Bertz CT molecular complexity index is 1100. The maximum Gasteiger partial charge on any atom is 0.320 e. The summed E-state index contributed by atoms with van der Waals surface area (Å²) >= 11 is 1.31. The predicted octanol–water partition coefficient (Wildman–Crippen LogP) is 3.27. The van der Waals surface area contributed by atoms with E-state index in [1.54, 1.807) is 34.0 Å². The number of rotatable bonds is 6. The van der Waals surface area contributed by atoms with Gasteiger partial charge in [0.15, 0.2) is 17.7 Å². The molecule has 0 radical (unpaired) electrons. The summed E-state index contributed by atoms with van der Waals surface area (Å²) in [5, 5.41) is 10.7. The Morgan fingerprint density at radius 2 is 1.62 bits per heavy atom. The molecule has 3 fully saturated rings. The van der Waals surface area contributed by atoms with E-state index in [-0.39, 0.29) is 24.3 Å². The van der Waals surface area contributed by atoms with Gasteiger partial charge >= 0.3 is 11.9 Å². The molecule has 1 N–H and O–H groups in total. The zero-order valence-corrected chi connectivity index (χ0v) is 29.8. The van der Waals surface area contributed by atoms with Crippen molar-refractivity contribution >= 4 is 35.3 Å². The third-order valence-electron chi connectivity index (χ3n) is 10.6. The van der Waals surface area contributed by atoms with Crippen molar-refractivity contribution in [1.29, 1.82) is 0 Å². The minimum Gasteiger partial charge on any atom is -0.458 e. The molecule has 3 saturated heterocycles. The third kappa shape index (κ3) is 7.31. The average molecular weight is 658 g/mol. The Morgan fingerprint density at radius 3 is 2.16 bits per heavy atom. The maximum absolute atomic E-state index is 14.2. The molecule has 0 unspecified atom stereocenters. The van der Waals surface area contributed by atoms with E-state index in [0.717, 1.165) is 0 Å². The lowest BCUT2D eigenvalue weighted by Crippen LogP contribution is -2.59. The highest BCUT2D eigenvalue weighted by Crippen LogP contribution is 2.48. The number of fused-ring (bicyclic) bond motifs is 1. The van der Waals surface area contributed by atoms with Crippen LogP contribution in [0.2, 0.25) is 0 Å². The summed E-state index contributed by atoms with van der Waals surface area (Å²) in [6.45, 7) is 14.0. The van der Waals surface area contributed by atoms with Gasteiger partial charge in [-0.15, -0.1) is 11.8 Å². The first kappa shape index (κ1) is 37.9. The fraction of sp³-hybridized carbons (Fsp3) is 0.879. The molecule has 3 aliphatic rings. The van der Waals surface area contributed by atoms with Gasteiger partial charge in [-0.3, -0.25) is 19.2 Å². The van der Waals surface area contributed by atoms with Crippen LogP contribution < -0.4 is 0 Å². The number of carbonyl (C=O) groups excluding carboxylic acids is 4. The van der Waals surface area contributed by atoms with Crippen LogP contribution in [0.25, 0.3) is 0 Å². The fourth-order valence-electron chi connectivity index (χ4n) is 7.82. The molecule has 0 aromatic heterocycles. The standard InChI is InChI=1S/C33H55NO10S/c1-13-22-33(8)23(27(45-12)30(39)44-33)18(4)24(35)16(2)15-32(7,40-11)28(19(5)25(36)20(6)29(38)42-22)43-31-26(37)21(34(9)10)14-17(3)41-31/h16-23,26-28,31,37H,13-15H2,1-12H3/t16-,17-,18-,19+,20-,21+,22-,23+,26-,27+,28-,31+,32-,33-/m1/s1. The first-order valence-electron chi connectivity index (χ1n) is 16.1. The molecule has 0 bridgehead atoms. The molecular formula is C33H55NO10S. The van der Waals surface area contributed by atoms with Gasteiger partial charge in [-0.25, -0.2) is 0 Å². The number of thioether (sulfide) groups is 1. The Morgan fingerprint density at radius 1 is 1.00 bits per heavy atom. The smallest absolute Gasteiger partial charge is 0.320 e. The molecule has 0 saturated carbocycles. The summed E-state index contributed by atoms with van der Waals surface area (Å²) in [7, 11) is 5.24. The summed E-state index contributed by atoms with van der Waals surface area (Å²) < 4.78 is 30.6. The highest BCUT2D eigenvalue weighted by Gasteiger charge is 2.61. The molecule has 0 aromatic rings. The van der Waals surface area contributed by atoms with Gasteiger partial charge in [0.25, 0.3) is 0 Å². The number of Topliss-reactive ketones (excluding diaryl/α,β-unsaturated/α-hetero) is 2. The normalized spacial score (nSPS) is 45.6. The molecule has 0 aliphatic carbocycles. The van der Waals surface area contributed by atoms with Crippen LogP contribution in [0.4, 0.5) is 0 Å². The number of cyclic esters (lactones) is 1. The first-order valence-corrected chi connectivity index (χ1v) is 17.4. The lowest BCUT2D eigenvalue weighted by Gasteiger charge is -2.47. The quantitative estimate of drug-likeness (QED) is 0.332. The number of hydrogen-bond acceptors (Lipinski definition) is 12. The summed E-state index contributed by atoms with van der Waals surface area (Å²) in [4.78, 5) is 56.9. The van der Waals surface area contributed by atoms with Crippen LogP contribution in [0.1, 0.15) is 74.7 Å². The molecule has 0 spiro atoms. The minimum absolute atomic E-state index is 0.105. The predicted molar refractivity (Wildman–Crippen MR) is 169 cm³/mol. The molecule has 3 heterocycles. The number of nitrogens with zero attached hydrogens (tertiary/aromatic N) is 1. The van der Waals surface area contributed by atoms with Crippen molar-refractivity contribution in [3.63, 3.8) is 0 Å². The Hall–Kier alpha value is -1.57. The molecule has 3 aliphatic heterocycles. The van der Waals surface area contributed by atoms with Crippen LogP contribution in [-0.2, 0) is 42.9 Å². The van der Waals surface area contributed by atoms with Crippen molar-refractivity contribution < 1.29 is 48.0 Å². The van der Waals surface area contributed by atoms with Crippen LogP contribution >= 0.6 is 11.8 Å². The van der Waals surface area contributed by atoms with E-state index < -0.39 is 88.4 Å². The molecule has 258 valence electrons. The second-order valence-electron chi connectivity index (χ2n) is 14.0. The van der Waals surface area contributed by atoms with Crippen molar-refractivity contribution in [2.75, 3.05) is 27.5 Å². The van der Waals surface area contributed by atoms with E-state index in [1.165, 1.54) is 25.8 Å². The van der Waals surface area contributed by atoms with Crippen LogP contribution in [0.3, 0.4) is 0 Å². The van der Waals surface area contributed by atoms with Gasteiger partial charge in [0.2, 0.25) is 0 Å². The molecule has 45 heavy (non-hydrogen) atoms. The van der Waals surface area contributed by atoms with E-state index in [2.05, 4.69) is 0 Å². The molecule has 3 rings (SSSR count). The lowest BCUT2D eigenvalue weighted by atomic mass is 9.70. The molecule has 0 amide bonds. The first-order chi connectivity index (χ1) is 20.9. The van der Waals surface area contributed by atoms with Gasteiger partial charge in [-0.1, -0.05) is 27.7 Å². The highest BCUT2D eigenvalue weighted by atomic mass is 32.2. The van der Waals surface area contributed by atoms with Gasteiger partial charge in [0.05, 0.1) is 17.8 Å². The number of methoxy groups -OCH3 is 1. The van der Waals surface area contributed by atoms with E-state index >= 15 is 0 Å². The number of aliphatic hydroxyl groups excluding tert-OH is 1. The fourth-order valence-corrected chi connectivity index (χ4v) is 8.86. The van der Waals surface area contributed by atoms with Gasteiger partial charge in [0, 0.05) is 36.8 Å². The van der Waals surface area contributed by atoms with Crippen LogP contribution in [0.15, 0.2) is 0 Å². The number of hydrogen-bond donors (Lipinski definition) is 1. The Labute approximate surface area is 272 Å². The SMILES string of the molecule is CC[C@H]1OC(=O)[C@H](C)C(=O)[C@H](C)[C@@H](O[C@@H]2O[C@H](C)C[C@H](N(C)C)[C@H]2O)[C@](C)(OC)C[C@@H](C)C(=O)[C@H](C)[C@H]2[C@H](SC)C(=O)O[C@@]21C. The number of likely N-dealkylation sites (N-methyl/N-ethyl adjacent to an activating group) is 1. The number of ether oxygens (including phenoxy) is 5. The van der Waals surface area contributed by atoms with Gasteiger partial charge < -0.3 is 33.7 Å². The second kappa shape index (κ2) is 14.7. The minimum atomic E-state index is -1.27. The number of aliphatic hydroxyl groups is 1. The largest absolute Gasteiger partial charge is 0.458 e. The van der Waals surface area contributed by atoms with E-state index in [9.17, 15) is 24.3 Å². The molecule has 0 aromatic carbocycles. The van der Waals surface area contributed by atoms with E-state index in [0.29, 0.717) is 12.8 Å². The monoisotopic (exact) mass is 657 g/mol. The van der Waals surface area contributed by atoms with E-state index in [1.807, 2.05) is 39.8 Å². The summed E-state index contributed by atoms with van der Waals surface area (Å²) in [6, 6.07) is -0.256. The Balaban J connectivity index is 2.13. The number of carbonyl (C=O) groups is 4. The zero-order valence-electron chi connectivity index (χ0n) is 29.0. The van der Waals surface area contributed by atoms with Crippen LogP contribution in [0, 0.1) is 29.6 Å². The van der Waals surface area contributed by atoms with Crippen molar-refractivity contribution in [2.45, 2.75) is 128 Å². The summed E-state index contributed by atoms with van der Waals surface area (Å²) in [6.07, 6.45) is -1.36. The molecule has 12 heteroatoms. The zero-order chi connectivity index (χ0) is 34.2. The topological polar surface area (TPSA) is 138 Å². The number of ketones is 2. The van der Waals surface area contributed by atoms with Crippen molar-refractivity contribution in [2.24, 2.45) is 29.6 Å². The van der Waals surface area contributed by atoms with E-state index in [4.69, 9.17) is 23.7 Å². The number of esters is 2. The van der Waals surface area contributed by atoms with Gasteiger partial charge in [-0.2, -0.15) is 0 Å². The lowest BCUT2D eigenvalue weighted by molar-refractivity contribution is -0.295. The maximum atomic E-state index is 14.2. The Kier molecular flexibility index (Phi) is 12.4. The molecular weight excluding hydrogens is 602 g/mol. The van der Waals surface area contributed by atoms with Crippen molar-refractivity contribution in [3.8, 4) is 0 Å². The summed E-state index contributed by atoms with van der Waals surface area (Å²) in [5.41, 5.74) is -2.49. The average Bonchev–Trinajstić information content (AvgIpc) is 3.26. The molecule has 11 nitrogen and oxygen atoms in total. The third-order valence-corrected chi connectivity index (χ3v) is 11.5. The highest BCUT2D eigenvalue weighted by molar-refractivity contribution is 7.99. The van der Waals surface area contributed by atoms with Crippen LogP contribution in [-0.4, -0.2) is 114 Å². The van der Waals surface area contributed by atoms with Gasteiger partial charge in [0.1, 0.15) is 29.2 Å².